The molecule has 0 bridgehead atoms. The summed E-state index contributed by atoms with van der Waals surface area (Å²) in [5.41, 5.74) is 2.07. The molecule has 1 aliphatic heterocycles. The van der Waals surface area contributed by atoms with Crippen LogP contribution in [0.4, 0.5) is 0 Å². The number of likely N-dealkylation sites (N-methyl/N-ethyl adjacent to an activating group) is 1. The van der Waals surface area contributed by atoms with Crippen LogP contribution in [0.1, 0.15) is 18.5 Å². The van der Waals surface area contributed by atoms with E-state index in [0.29, 0.717) is 6.04 Å². The number of nitrogens with zero attached hydrogens (tertiary/aromatic N) is 3. The molecule has 0 spiro atoms. The lowest BCUT2D eigenvalue weighted by molar-refractivity contribution is 0.308. The molecular formula is C13H16ClN3. The van der Waals surface area contributed by atoms with E-state index in [1.165, 1.54) is 19.4 Å². The molecule has 90 valence electrons. The largest absolute Gasteiger partial charge is 0.303 e. The summed E-state index contributed by atoms with van der Waals surface area (Å²) < 4.78 is 1.95. The van der Waals surface area contributed by atoms with Gasteiger partial charge in [0.2, 0.25) is 0 Å². The van der Waals surface area contributed by atoms with Crippen LogP contribution in [0, 0.1) is 0 Å². The average molecular weight is 250 g/mol. The summed E-state index contributed by atoms with van der Waals surface area (Å²) in [6.45, 7) is 1.21. The Kier molecular flexibility index (Phi) is 2.81. The highest BCUT2D eigenvalue weighted by Crippen LogP contribution is 2.20. The smallest absolute Gasteiger partial charge is 0.138 e. The van der Waals surface area contributed by atoms with Gasteiger partial charge in [-0.25, -0.2) is 4.98 Å². The number of hydrogen-bond acceptors (Lipinski definition) is 2. The van der Waals surface area contributed by atoms with Crippen LogP contribution in [0.5, 0.6) is 0 Å². The van der Waals surface area contributed by atoms with E-state index in [4.69, 9.17) is 11.6 Å². The number of imidazole rings is 1. The monoisotopic (exact) mass is 249 g/mol. The molecule has 1 unspecified atom stereocenters. The van der Waals surface area contributed by atoms with E-state index in [2.05, 4.69) is 23.1 Å². The highest BCUT2D eigenvalue weighted by molar-refractivity contribution is 6.29. The van der Waals surface area contributed by atoms with Crippen molar-refractivity contribution in [1.82, 2.24) is 14.3 Å². The zero-order valence-electron chi connectivity index (χ0n) is 9.93. The molecule has 0 saturated carbocycles. The lowest BCUT2D eigenvalue weighted by Gasteiger charge is -2.17. The first kappa shape index (κ1) is 11.1. The zero-order chi connectivity index (χ0) is 11.8. The molecule has 1 fully saturated rings. The van der Waals surface area contributed by atoms with Crippen molar-refractivity contribution < 1.29 is 0 Å². The summed E-state index contributed by atoms with van der Waals surface area (Å²) in [6, 6.07) is 6.46. The Balaban J connectivity index is 1.88. The van der Waals surface area contributed by atoms with Gasteiger partial charge in [0.1, 0.15) is 10.8 Å². The van der Waals surface area contributed by atoms with Crippen LogP contribution < -0.4 is 0 Å². The minimum atomic E-state index is 0.638. The van der Waals surface area contributed by atoms with E-state index in [9.17, 15) is 0 Å². The molecule has 0 N–H and O–H groups in total. The highest BCUT2D eigenvalue weighted by Gasteiger charge is 2.22. The van der Waals surface area contributed by atoms with Crippen LogP contribution in [0.3, 0.4) is 0 Å². The minimum absolute atomic E-state index is 0.638. The number of pyridine rings is 1. The molecule has 0 aromatic carbocycles. The van der Waals surface area contributed by atoms with E-state index >= 15 is 0 Å². The van der Waals surface area contributed by atoms with Crippen molar-refractivity contribution in [1.29, 1.82) is 0 Å². The molecular weight excluding hydrogens is 234 g/mol. The Labute approximate surface area is 106 Å². The summed E-state index contributed by atoms with van der Waals surface area (Å²) in [7, 11) is 2.19. The molecule has 1 atom stereocenters. The van der Waals surface area contributed by atoms with Crippen molar-refractivity contribution in [2.24, 2.45) is 0 Å². The average Bonchev–Trinajstić information content (AvgIpc) is 2.87. The van der Waals surface area contributed by atoms with Crippen molar-refractivity contribution in [2.45, 2.75) is 25.3 Å². The Morgan fingerprint density at radius 2 is 2.35 bits per heavy atom. The van der Waals surface area contributed by atoms with Crippen molar-refractivity contribution in [3.8, 4) is 0 Å². The summed E-state index contributed by atoms with van der Waals surface area (Å²) in [4.78, 5) is 7.05. The fourth-order valence-corrected chi connectivity index (χ4v) is 2.81. The standard InChI is InChI=1S/C13H16ClN3/c1-16-7-3-4-11(16)8-10-9-17-12(14)5-2-6-13(17)15-10/h2,5-6,9,11H,3-4,7-8H2,1H3. The molecule has 2 aromatic heterocycles. The fourth-order valence-electron chi connectivity index (χ4n) is 2.60. The number of fused-ring (bicyclic) bond motifs is 1. The van der Waals surface area contributed by atoms with Gasteiger partial charge in [-0.15, -0.1) is 0 Å². The Morgan fingerprint density at radius 3 is 3.06 bits per heavy atom. The first-order chi connectivity index (χ1) is 8.24. The predicted molar refractivity (Wildman–Crippen MR) is 69.6 cm³/mol. The van der Waals surface area contributed by atoms with E-state index < -0.39 is 0 Å². The van der Waals surface area contributed by atoms with Gasteiger partial charge < -0.3 is 4.90 Å². The molecule has 2 aromatic rings. The van der Waals surface area contributed by atoms with Gasteiger partial charge in [0.05, 0.1) is 5.69 Å². The maximum atomic E-state index is 6.13. The van der Waals surface area contributed by atoms with Crippen LogP contribution in [-0.4, -0.2) is 33.9 Å². The maximum Gasteiger partial charge on any atom is 0.138 e. The van der Waals surface area contributed by atoms with Crippen LogP contribution >= 0.6 is 11.6 Å². The molecule has 3 nitrogen and oxygen atoms in total. The third-order valence-corrected chi connectivity index (χ3v) is 3.92. The Hall–Kier alpha value is -1.06. The number of halogens is 1. The van der Waals surface area contributed by atoms with Gasteiger partial charge in [0, 0.05) is 18.7 Å². The Bertz CT molecular complexity index is 534. The van der Waals surface area contributed by atoms with Crippen LogP contribution in [0.15, 0.2) is 24.4 Å². The van der Waals surface area contributed by atoms with Gasteiger partial charge in [0.15, 0.2) is 0 Å². The van der Waals surface area contributed by atoms with E-state index in [-0.39, 0.29) is 0 Å². The van der Waals surface area contributed by atoms with Gasteiger partial charge in [-0.3, -0.25) is 4.40 Å². The molecule has 0 radical (unpaired) electrons. The quantitative estimate of drug-likeness (QED) is 0.763. The van der Waals surface area contributed by atoms with Crippen LogP contribution in [0.2, 0.25) is 5.15 Å². The van der Waals surface area contributed by atoms with Gasteiger partial charge >= 0.3 is 0 Å². The first-order valence-electron chi connectivity index (χ1n) is 6.07. The molecule has 17 heavy (non-hydrogen) atoms. The van der Waals surface area contributed by atoms with Gasteiger partial charge in [-0.05, 0) is 38.6 Å². The first-order valence-corrected chi connectivity index (χ1v) is 6.44. The van der Waals surface area contributed by atoms with E-state index in [1.807, 2.05) is 22.6 Å². The summed E-state index contributed by atoms with van der Waals surface area (Å²) in [5.74, 6) is 0. The van der Waals surface area contributed by atoms with Gasteiger partial charge in [-0.2, -0.15) is 0 Å². The number of aromatic nitrogens is 2. The third-order valence-electron chi connectivity index (χ3n) is 3.61. The highest BCUT2D eigenvalue weighted by atomic mass is 35.5. The van der Waals surface area contributed by atoms with Crippen molar-refractivity contribution >= 4 is 17.2 Å². The number of hydrogen-bond donors (Lipinski definition) is 0. The topological polar surface area (TPSA) is 20.5 Å². The molecule has 1 aliphatic rings. The number of likely N-dealkylation sites (tertiary alicyclic amines) is 1. The maximum absolute atomic E-state index is 6.13. The van der Waals surface area contributed by atoms with Crippen molar-refractivity contribution in [2.75, 3.05) is 13.6 Å². The molecule has 0 aliphatic carbocycles. The summed E-state index contributed by atoms with van der Waals surface area (Å²) >= 11 is 6.13. The van der Waals surface area contributed by atoms with Crippen molar-refractivity contribution in [3.63, 3.8) is 0 Å². The number of rotatable bonds is 2. The van der Waals surface area contributed by atoms with Crippen LogP contribution in [-0.2, 0) is 6.42 Å². The minimum Gasteiger partial charge on any atom is -0.303 e. The Morgan fingerprint density at radius 1 is 1.47 bits per heavy atom. The zero-order valence-corrected chi connectivity index (χ0v) is 10.7. The molecule has 3 rings (SSSR count). The lowest BCUT2D eigenvalue weighted by atomic mass is 10.1. The van der Waals surface area contributed by atoms with Gasteiger partial charge in [0.25, 0.3) is 0 Å². The summed E-state index contributed by atoms with van der Waals surface area (Å²) in [5, 5.41) is 0.723. The fraction of sp³-hybridized carbons (Fsp3) is 0.462. The second-order valence-corrected chi connectivity index (χ2v) is 5.18. The summed E-state index contributed by atoms with van der Waals surface area (Å²) in [6.07, 6.45) is 5.66. The van der Waals surface area contributed by atoms with Crippen LogP contribution in [0.25, 0.3) is 5.65 Å². The molecule has 0 amide bonds. The SMILES string of the molecule is CN1CCCC1Cc1cn2c(Cl)cccc2n1. The second-order valence-electron chi connectivity index (χ2n) is 4.79. The van der Waals surface area contributed by atoms with E-state index in [0.717, 1.165) is 22.9 Å². The molecule has 4 heteroatoms. The van der Waals surface area contributed by atoms with Gasteiger partial charge in [-0.1, -0.05) is 17.7 Å². The predicted octanol–water partition coefficient (Wildman–Crippen LogP) is 2.62. The lowest BCUT2D eigenvalue weighted by Crippen LogP contribution is -2.26. The molecule has 3 heterocycles. The normalized spacial score (nSPS) is 21.4. The second kappa shape index (κ2) is 4.31. The third kappa shape index (κ3) is 2.05. The van der Waals surface area contributed by atoms with Crippen molar-refractivity contribution in [3.05, 3.63) is 35.2 Å². The molecule has 1 saturated heterocycles. The van der Waals surface area contributed by atoms with E-state index in [1.54, 1.807) is 0 Å².